The molecule has 6 heteroatoms. The van der Waals surface area contributed by atoms with Gasteiger partial charge >= 0.3 is 7.12 Å². The molecular formula is C32H41BN2O3. The average Bonchev–Trinajstić information content (AvgIpc) is 3.06. The third-order valence-corrected chi connectivity index (χ3v) is 7.77. The minimum Gasteiger partial charge on any atom is -0.399 e. The Bertz CT molecular complexity index is 1340. The van der Waals surface area contributed by atoms with E-state index in [1.807, 2.05) is 18.2 Å². The average molecular weight is 513 g/mol. The summed E-state index contributed by atoms with van der Waals surface area (Å²) in [7, 11) is -0.440. The second-order valence-electron chi connectivity index (χ2n) is 12.8. The summed E-state index contributed by atoms with van der Waals surface area (Å²) in [6, 6.07) is 16.2. The zero-order chi connectivity index (χ0) is 28.0. The molecule has 3 aromatic rings. The lowest BCUT2D eigenvalue weighted by Gasteiger charge is -2.32. The highest BCUT2D eigenvalue weighted by molar-refractivity contribution is 6.62. The van der Waals surface area contributed by atoms with Crippen LogP contribution in [0.2, 0.25) is 0 Å². The van der Waals surface area contributed by atoms with Gasteiger partial charge in [-0.3, -0.25) is 9.78 Å². The zero-order valence-corrected chi connectivity index (χ0v) is 24.5. The molecule has 4 rings (SSSR count). The third kappa shape index (κ3) is 5.72. The topological polar surface area (TPSA) is 60.5 Å². The Kier molecular flexibility index (Phi) is 7.37. The van der Waals surface area contributed by atoms with Gasteiger partial charge in [-0.25, -0.2) is 0 Å². The van der Waals surface area contributed by atoms with E-state index in [-0.39, 0.29) is 11.3 Å². The van der Waals surface area contributed by atoms with Crippen molar-refractivity contribution >= 4 is 24.2 Å². The number of pyridine rings is 1. The molecule has 0 saturated carbocycles. The van der Waals surface area contributed by atoms with Crippen molar-refractivity contribution in [1.29, 1.82) is 0 Å². The first-order valence-corrected chi connectivity index (χ1v) is 13.5. The van der Waals surface area contributed by atoms with Gasteiger partial charge in [-0.1, -0.05) is 58.9 Å². The molecule has 1 fully saturated rings. The number of nitrogens with one attached hydrogen (secondary N) is 1. The second kappa shape index (κ2) is 9.98. The summed E-state index contributed by atoms with van der Waals surface area (Å²) in [5, 5.41) is 3.09. The Balaban J connectivity index is 1.68. The summed E-state index contributed by atoms with van der Waals surface area (Å²) in [5.41, 5.74) is 6.76. The number of benzene rings is 2. The van der Waals surface area contributed by atoms with Gasteiger partial charge in [0.05, 0.1) is 11.2 Å². The maximum absolute atomic E-state index is 13.1. The lowest BCUT2D eigenvalue weighted by atomic mass is 9.75. The lowest BCUT2D eigenvalue weighted by Crippen LogP contribution is -2.41. The Morgan fingerprint density at radius 3 is 2.21 bits per heavy atom. The maximum atomic E-state index is 13.1. The number of rotatable bonds is 5. The van der Waals surface area contributed by atoms with E-state index in [9.17, 15) is 4.79 Å². The number of nitrogens with zero attached hydrogens (tertiary/aromatic N) is 1. The van der Waals surface area contributed by atoms with Crippen LogP contribution in [-0.2, 0) is 14.7 Å². The maximum Gasteiger partial charge on any atom is 0.494 e. The molecule has 1 aliphatic heterocycles. The molecule has 1 amide bonds. The Labute approximate surface area is 228 Å². The van der Waals surface area contributed by atoms with Crippen LogP contribution in [-0.4, -0.2) is 29.2 Å². The molecule has 1 saturated heterocycles. The predicted octanol–water partition coefficient (Wildman–Crippen LogP) is 7.03. The van der Waals surface area contributed by atoms with Crippen LogP contribution in [0.15, 0.2) is 54.7 Å². The molecule has 1 aromatic heterocycles. The fourth-order valence-electron chi connectivity index (χ4n) is 4.48. The van der Waals surface area contributed by atoms with Gasteiger partial charge in [0.25, 0.3) is 5.91 Å². The molecule has 1 aliphatic rings. The van der Waals surface area contributed by atoms with Crippen LogP contribution in [0.3, 0.4) is 0 Å². The number of anilines is 1. The molecule has 200 valence electrons. The van der Waals surface area contributed by atoms with Gasteiger partial charge in [-0.05, 0) is 92.5 Å². The SMILES string of the molecule is Cc1ccc(NC(=O)c2ccnc(C(C)(C)C)c2)cc1-c1cc(B2OC(C)(C)C(C)(C)O2)cc(C(C)C)c1. The van der Waals surface area contributed by atoms with Gasteiger partial charge in [0.2, 0.25) is 0 Å². The molecule has 38 heavy (non-hydrogen) atoms. The first-order valence-electron chi connectivity index (χ1n) is 13.5. The van der Waals surface area contributed by atoms with Gasteiger partial charge in [0, 0.05) is 28.6 Å². The zero-order valence-electron chi connectivity index (χ0n) is 24.5. The molecule has 0 unspecified atom stereocenters. The minimum atomic E-state index is -0.440. The van der Waals surface area contributed by atoms with E-state index in [2.05, 4.69) is 104 Å². The molecular weight excluding hydrogens is 471 g/mol. The van der Waals surface area contributed by atoms with Crippen LogP contribution >= 0.6 is 0 Å². The third-order valence-electron chi connectivity index (χ3n) is 7.77. The Morgan fingerprint density at radius 1 is 0.947 bits per heavy atom. The van der Waals surface area contributed by atoms with Crippen molar-refractivity contribution in [3.63, 3.8) is 0 Å². The summed E-state index contributed by atoms with van der Waals surface area (Å²) in [4.78, 5) is 17.6. The fourth-order valence-corrected chi connectivity index (χ4v) is 4.48. The number of carbonyl (C=O) groups is 1. The normalized spacial score (nSPS) is 16.7. The molecule has 0 spiro atoms. The van der Waals surface area contributed by atoms with Crippen LogP contribution in [0.5, 0.6) is 0 Å². The van der Waals surface area contributed by atoms with Crippen molar-refractivity contribution < 1.29 is 14.1 Å². The van der Waals surface area contributed by atoms with Gasteiger partial charge in [-0.15, -0.1) is 0 Å². The van der Waals surface area contributed by atoms with Crippen molar-refractivity contribution in [2.45, 2.75) is 91.8 Å². The molecule has 1 N–H and O–H groups in total. The van der Waals surface area contributed by atoms with Crippen LogP contribution in [0.1, 0.15) is 95.4 Å². The quantitative estimate of drug-likeness (QED) is 0.373. The van der Waals surface area contributed by atoms with E-state index in [1.165, 1.54) is 5.56 Å². The number of hydrogen-bond donors (Lipinski definition) is 1. The van der Waals surface area contributed by atoms with Crippen LogP contribution in [0, 0.1) is 6.92 Å². The summed E-state index contributed by atoms with van der Waals surface area (Å²) in [6.07, 6.45) is 1.70. The van der Waals surface area contributed by atoms with Crippen molar-refractivity contribution in [2.24, 2.45) is 0 Å². The Hall–Kier alpha value is -2.96. The van der Waals surface area contributed by atoms with E-state index in [0.29, 0.717) is 11.5 Å². The van der Waals surface area contributed by atoms with Crippen molar-refractivity contribution in [2.75, 3.05) is 5.32 Å². The van der Waals surface area contributed by atoms with E-state index < -0.39 is 18.3 Å². The molecule has 2 aromatic carbocycles. The summed E-state index contributed by atoms with van der Waals surface area (Å²) >= 11 is 0. The number of aryl methyl sites for hydroxylation is 1. The molecule has 5 nitrogen and oxygen atoms in total. The summed E-state index contributed by atoms with van der Waals surface area (Å²) in [5.74, 6) is 0.185. The fraction of sp³-hybridized carbons (Fsp3) is 0.438. The summed E-state index contributed by atoms with van der Waals surface area (Å²) < 4.78 is 12.8. The van der Waals surface area contributed by atoms with Gasteiger partial charge in [0.15, 0.2) is 0 Å². The number of carbonyl (C=O) groups excluding carboxylic acids is 1. The van der Waals surface area contributed by atoms with Gasteiger partial charge in [0.1, 0.15) is 0 Å². The monoisotopic (exact) mass is 512 g/mol. The van der Waals surface area contributed by atoms with Crippen molar-refractivity contribution in [3.05, 3.63) is 77.1 Å². The molecule has 0 bridgehead atoms. The molecule has 0 aliphatic carbocycles. The molecule has 2 heterocycles. The molecule has 0 radical (unpaired) electrons. The second-order valence-corrected chi connectivity index (χ2v) is 12.8. The Morgan fingerprint density at radius 2 is 1.61 bits per heavy atom. The predicted molar refractivity (Wildman–Crippen MR) is 157 cm³/mol. The van der Waals surface area contributed by atoms with Gasteiger partial charge in [-0.2, -0.15) is 0 Å². The van der Waals surface area contributed by atoms with E-state index in [4.69, 9.17) is 9.31 Å². The minimum absolute atomic E-state index is 0.135. The van der Waals surface area contributed by atoms with E-state index in [0.717, 1.165) is 33.5 Å². The first-order chi connectivity index (χ1) is 17.6. The largest absolute Gasteiger partial charge is 0.494 e. The number of hydrogen-bond acceptors (Lipinski definition) is 4. The standard InChI is InChI=1S/C32H41BN2O3/c1-20(2)23-15-24(17-25(16-23)33-37-31(7,8)32(9,10)38-33)27-19-26(12-11-21(27)3)35-29(36)22-13-14-34-28(18-22)30(4,5)6/h11-20H,1-10H3,(H,35,36). The van der Waals surface area contributed by atoms with Crippen LogP contribution < -0.4 is 10.8 Å². The summed E-state index contributed by atoms with van der Waals surface area (Å²) in [6.45, 7) is 21.0. The smallest absolute Gasteiger partial charge is 0.399 e. The first kappa shape index (κ1) is 28.1. The van der Waals surface area contributed by atoms with Gasteiger partial charge < -0.3 is 14.6 Å². The number of amides is 1. The number of aromatic nitrogens is 1. The van der Waals surface area contributed by atoms with E-state index in [1.54, 1.807) is 12.3 Å². The highest BCUT2D eigenvalue weighted by atomic mass is 16.7. The highest BCUT2D eigenvalue weighted by Crippen LogP contribution is 2.37. The molecule has 0 atom stereocenters. The van der Waals surface area contributed by atoms with Crippen LogP contribution in [0.4, 0.5) is 5.69 Å². The van der Waals surface area contributed by atoms with Crippen molar-refractivity contribution in [3.8, 4) is 11.1 Å². The van der Waals surface area contributed by atoms with Crippen LogP contribution in [0.25, 0.3) is 11.1 Å². The van der Waals surface area contributed by atoms with Crippen molar-refractivity contribution in [1.82, 2.24) is 4.98 Å². The highest BCUT2D eigenvalue weighted by Gasteiger charge is 2.51. The lowest BCUT2D eigenvalue weighted by molar-refractivity contribution is 0.00578. The van der Waals surface area contributed by atoms with E-state index >= 15 is 0 Å².